The van der Waals surface area contributed by atoms with Crippen molar-refractivity contribution >= 4 is 27.3 Å². The highest BCUT2D eigenvalue weighted by atomic mass is 32.2. The first-order chi connectivity index (χ1) is 11.5. The number of hydrogen-bond donors (Lipinski definition) is 3. The molecule has 0 amide bonds. The van der Waals surface area contributed by atoms with E-state index >= 15 is 0 Å². The van der Waals surface area contributed by atoms with Crippen LogP contribution in [0.25, 0.3) is 0 Å². The maximum absolute atomic E-state index is 11.9. The number of sulfonamides is 1. The molecule has 0 aliphatic heterocycles. The molecular weight excluding hydrogens is 346 g/mol. The molecule has 1 saturated carbocycles. The molecule has 1 heterocycles. The van der Waals surface area contributed by atoms with Crippen LogP contribution in [0.4, 0.5) is 0 Å². The Bertz CT molecular complexity index is 638. The van der Waals surface area contributed by atoms with E-state index in [4.69, 9.17) is 0 Å². The van der Waals surface area contributed by atoms with Gasteiger partial charge in [0.25, 0.3) is 0 Å². The number of nitrogens with zero attached hydrogens (tertiary/aromatic N) is 2. The maximum Gasteiger partial charge on any atom is 0.213 e. The molecule has 1 aliphatic carbocycles. The van der Waals surface area contributed by atoms with Gasteiger partial charge in [-0.25, -0.2) is 18.1 Å². The van der Waals surface area contributed by atoms with Gasteiger partial charge < -0.3 is 10.6 Å². The van der Waals surface area contributed by atoms with E-state index in [0.29, 0.717) is 31.5 Å². The van der Waals surface area contributed by atoms with E-state index in [0.717, 1.165) is 24.3 Å². The third kappa shape index (κ3) is 6.74. The van der Waals surface area contributed by atoms with Crippen molar-refractivity contribution in [3.63, 3.8) is 0 Å². The summed E-state index contributed by atoms with van der Waals surface area (Å²) in [6.45, 7) is 3.65. The lowest BCUT2D eigenvalue weighted by atomic mass is 9.86. The van der Waals surface area contributed by atoms with Crippen LogP contribution in [0.3, 0.4) is 0 Å². The number of aryl methyl sites for hydroxylation is 1. The number of aromatic nitrogens is 1. The first kappa shape index (κ1) is 19.1. The van der Waals surface area contributed by atoms with E-state index in [1.54, 1.807) is 18.4 Å². The molecule has 1 aromatic rings. The molecule has 2 rings (SSSR count). The van der Waals surface area contributed by atoms with E-state index in [2.05, 4.69) is 25.3 Å². The van der Waals surface area contributed by atoms with E-state index in [1.807, 2.05) is 13.1 Å². The Balaban J connectivity index is 1.61. The van der Waals surface area contributed by atoms with Gasteiger partial charge in [0.05, 0.1) is 10.8 Å². The summed E-state index contributed by atoms with van der Waals surface area (Å²) in [5, 5.41) is 7.29. The molecule has 0 atom stereocenters. The van der Waals surface area contributed by atoms with Crippen molar-refractivity contribution in [2.45, 2.75) is 32.6 Å². The number of hydrogen-bond acceptors (Lipinski definition) is 5. The van der Waals surface area contributed by atoms with Gasteiger partial charge >= 0.3 is 0 Å². The van der Waals surface area contributed by atoms with E-state index in [-0.39, 0.29) is 5.75 Å². The van der Waals surface area contributed by atoms with Gasteiger partial charge in [-0.1, -0.05) is 6.42 Å². The quantitative estimate of drug-likeness (QED) is 0.441. The van der Waals surface area contributed by atoms with Gasteiger partial charge in [-0.05, 0) is 25.7 Å². The zero-order chi connectivity index (χ0) is 17.4. The topological polar surface area (TPSA) is 95.5 Å². The largest absolute Gasteiger partial charge is 0.356 e. The van der Waals surface area contributed by atoms with Crippen molar-refractivity contribution in [1.29, 1.82) is 0 Å². The molecule has 0 bridgehead atoms. The number of thiazole rings is 1. The summed E-state index contributed by atoms with van der Waals surface area (Å²) in [6, 6.07) is 0. The average Bonchev–Trinajstić information content (AvgIpc) is 2.89. The number of aliphatic imine (C=N–C) groups is 1. The highest BCUT2D eigenvalue weighted by molar-refractivity contribution is 7.89. The summed E-state index contributed by atoms with van der Waals surface area (Å²) >= 11 is 1.68. The summed E-state index contributed by atoms with van der Waals surface area (Å²) < 4.78 is 26.5. The van der Waals surface area contributed by atoms with Crippen LogP contribution >= 0.6 is 11.3 Å². The van der Waals surface area contributed by atoms with Crippen LogP contribution in [-0.2, 0) is 16.4 Å². The summed E-state index contributed by atoms with van der Waals surface area (Å²) in [6.07, 6.45) is 6.18. The number of rotatable bonds is 9. The van der Waals surface area contributed by atoms with Gasteiger partial charge in [-0.15, -0.1) is 11.3 Å². The van der Waals surface area contributed by atoms with Crippen LogP contribution in [0, 0.1) is 12.8 Å². The molecule has 7 nitrogen and oxygen atoms in total. The average molecular weight is 374 g/mol. The second-order valence-corrected chi connectivity index (χ2v) is 9.25. The minimum Gasteiger partial charge on any atom is -0.356 e. The van der Waals surface area contributed by atoms with Crippen molar-refractivity contribution in [2.24, 2.45) is 10.9 Å². The van der Waals surface area contributed by atoms with Crippen LogP contribution in [0.5, 0.6) is 0 Å². The Kier molecular flexibility index (Phi) is 7.44. The first-order valence-electron chi connectivity index (χ1n) is 8.31. The third-order valence-corrected chi connectivity index (χ3v) is 6.32. The van der Waals surface area contributed by atoms with Gasteiger partial charge in [0.15, 0.2) is 5.96 Å². The zero-order valence-corrected chi connectivity index (χ0v) is 16.0. The Morgan fingerprint density at radius 2 is 2.12 bits per heavy atom. The van der Waals surface area contributed by atoms with Crippen LogP contribution in [0.2, 0.25) is 0 Å². The van der Waals surface area contributed by atoms with Gasteiger partial charge in [0, 0.05) is 44.2 Å². The van der Waals surface area contributed by atoms with Crippen molar-refractivity contribution < 1.29 is 8.42 Å². The molecular formula is C15H27N5O2S2. The van der Waals surface area contributed by atoms with E-state index < -0.39 is 10.0 Å². The fourth-order valence-electron chi connectivity index (χ4n) is 2.34. The lowest BCUT2D eigenvalue weighted by molar-refractivity contribution is 0.316. The van der Waals surface area contributed by atoms with Crippen LogP contribution in [0.1, 0.15) is 29.1 Å². The molecule has 1 aromatic heterocycles. The molecule has 0 radical (unpaired) electrons. The molecule has 1 fully saturated rings. The van der Waals surface area contributed by atoms with Gasteiger partial charge in [0.1, 0.15) is 0 Å². The summed E-state index contributed by atoms with van der Waals surface area (Å²) in [4.78, 5) is 9.61. The van der Waals surface area contributed by atoms with Gasteiger partial charge in [-0.2, -0.15) is 0 Å². The smallest absolute Gasteiger partial charge is 0.213 e. The Morgan fingerprint density at radius 1 is 1.38 bits per heavy atom. The lowest BCUT2D eigenvalue weighted by Crippen LogP contribution is -2.42. The number of guanidine groups is 1. The maximum atomic E-state index is 11.9. The molecule has 0 aromatic carbocycles. The SMILES string of the molecule is CN=C(NCCc1ncc(C)s1)NCCS(=O)(=O)NCC1CCC1. The monoisotopic (exact) mass is 373 g/mol. The fourth-order valence-corrected chi connectivity index (χ4v) is 4.13. The minimum atomic E-state index is -3.22. The second-order valence-electron chi connectivity index (χ2n) is 6.00. The summed E-state index contributed by atoms with van der Waals surface area (Å²) in [5.41, 5.74) is 0. The molecule has 9 heteroatoms. The van der Waals surface area contributed by atoms with Crippen LogP contribution in [0.15, 0.2) is 11.2 Å². The third-order valence-electron chi connectivity index (χ3n) is 4.00. The van der Waals surface area contributed by atoms with E-state index in [9.17, 15) is 8.42 Å². The Labute approximate surface area is 148 Å². The summed E-state index contributed by atoms with van der Waals surface area (Å²) in [5.74, 6) is 1.18. The predicted molar refractivity (Wildman–Crippen MR) is 99.0 cm³/mol. The number of nitrogens with one attached hydrogen (secondary N) is 3. The van der Waals surface area contributed by atoms with Crippen molar-refractivity contribution in [2.75, 3.05) is 32.4 Å². The van der Waals surface area contributed by atoms with Crippen molar-refractivity contribution in [3.8, 4) is 0 Å². The molecule has 24 heavy (non-hydrogen) atoms. The standard InChI is InChI=1S/C15H27N5O2S2/c1-12-10-19-14(23-12)6-7-17-15(16-2)18-8-9-24(21,22)20-11-13-4-3-5-13/h10,13,20H,3-9,11H2,1-2H3,(H2,16,17,18). The van der Waals surface area contributed by atoms with Crippen molar-refractivity contribution in [3.05, 3.63) is 16.1 Å². The Morgan fingerprint density at radius 3 is 2.71 bits per heavy atom. The lowest BCUT2D eigenvalue weighted by Gasteiger charge is -2.25. The predicted octanol–water partition coefficient (Wildman–Crippen LogP) is 0.879. The zero-order valence-electron chi connectivity index (χ0n) is 14.3. The molecule has 1 aliphatic rings. The normalized spacial score (nSPS) is 16.0. The Hall–Kier alpha value is -1.19. The highest BCUT2D eigenvalue weighted by Gasteiger charge is 2.20. The van der Waals surface area contributed by atoms with Gasteiger partial charge in [-0.3, -0.25) is 4.99 Å². The molecule has 0 spiro atoms. The fraction of sp³-hybridized carbons (Fsp3) is 0.733. The van der Waals surface area contributed by atoms with Crippen molar-refractivity contribution in [1.82, 2.24) is 20.3 Å². The summed E-state index contributed by atoms with van der Waals surface area (Å²) in [7, 11) is -1.55. The van der Waals surface area contributed by atoms with Gasteiger partial charge in [0.2, 0.25) is 10.0 Å². The van der Waals surface area contributed by atoms with E-state index in [1.165, 1.54) is 11.3 Å². The van der Waals surface area contributed by atoms with Crippen LogP contribution in [-0.4, -0.2) is 51.8 Å². The first-order valence-corrected chi connectivity index (χ1v) is 10.8. The highest BCUT2D eigenvalue weighted by Crippen LogP contribution is 2.25. The molecule has 3 N–H and O–H groups in total. The second kappa shape index (κ2) is 9.33. The minimum absolute atomic E-state index is 0.0477. The molecule has 0 saturated heterocycles. The molecule has 136 valence electrons. The van der Waals surface area contributed by atoms with Crippen LogP contribution < -0.4 is 15.4 Å². The molecule has 0 unspecified atom stereocenters.